The lowest BCUT2D eigenvalue weighted by Crippen LogP contribution is -2.36. The summed E-state index contributed by atoms with van der Waals surface area (Å²) < 4.78 is 10.9. The van der Waals surface area contributed by atoms with E-state index in [2.05, 4.69) is 15.5 Å². The van der Waals surface area contributed by atoms with Crippen molar-refractivity contribution in [3.8, 4) is 11.5 Å². The number of anilines is 3. The summed E-state index contributed by atoms with van der Waals surface area (Å²) in [4.78, 5) is 29.8. The molecule has 0 saturated carbocycles. The van der Waals surface area contributed by atoms with Crippen LogP contribution in [0.15, 0.2) is 66.7 Å². The van der Waals surface area contributed by atoms with Crippen molar-refractivity contribution in [2.75, 3.05) is 56.9 Å². The van der Waals surface area contributed by atoms with E-state index < -0.39 is 0 Å². The van der Waals surface area contributed by atoms with Gasteiger partial charge in [0, 0.05) is 42.5 Å². The molecule has 8 nitrogen and oxygen atoms in total. The number of nitrogens with one attached hydrogen (secondary N) is 2. The highest BCUT2D eigenvalue weighted by atomic mass is 16.5. The fourth-order valence-corrected chi connectivity index (χ4v) is 4.39. The number of methoxy groups -OCH3 is 2. The first-order valence-electron chi connectivity index (χ1n) is 12.6. The molecule has 0 atom stereocenters. The van der Waals surface area contributed by atoms with Crippen LogP contribution in [-0.2, 0) is 9.59 Å². The first kappa shape index (κ1) is 26.8. The molecule has 0 aromatic heterocycles. The molecule has 1 heterocycles. The minimum atomic E-state index is -0.221. The Balaban J connectivity index is 1.75. The average Bonchev–Trinajstić information content (AvgIpc) is 3.25. The predicted octanol–water partition coefficient (Wildman–Crippen LogP) is 4.94. The van der Waals surface area contributed by atoms with E-state index in [1.54, 1.807) is 25.2 Å². The summed E-state index contributed by atoms with van der Waals surface area (Å²) >= 11 is 0. The van der Waals surface area contributed by atoms with Crippen molar-refractivity contribution in [1.29, 1.82) is 0 Å². The van der Waals surface area contributed by atoms with E-state index in [9.17, 15) is 9.59 Å². The zero-order chi connectivity index (χ0) is 27.2. The molecule has 0 bridgehead atoms. The summed E-state index contributed by atoms with van der Waals surface area (Å²) in [6.45, 7) is 3.24. The lowest BCUT2D eigenvalue weighted by Gasteiger charge is -2.24. The van der Waals surface area contributed by atoms with Crippen molar-refractivity contribution in [2.24, 2.45) is 0 Å². The van der Waals surface area contributed by atoms with E-state index in [-0.39, 0.29) is 11.8 Å². The van der Waals surface area contributed by atoms with Gasteiger partial charge in [-0.3, -0.25) is 9.59 Å². The number of nitrogens with zero attached hydrogens (tertiary/aromatic N) is 2. The zero-order valence-electron chi connectivity index (χ0n) is 22.5. The van der Waals surface area contributed by atoms with Crippen molar-refractivity contribution < 1.29 is 19.1 Å². The van der Waals surface area contributed by atoms with Crippen LogP contribution in [0.1, 0.15) is 24.5 Å². The van der Waals surface area contributed by atoms with Crippen molar-refractivity contribution in [3.05, 3.63) is 77.9 Å². The molecule has 0 spiro atoms. The molecular weight excluding hydrogens is 480 g/mol. The summed E-state index contributed by atoms with van der Waals surface area (Å²) in [5, 5.41) is 6.42. The van der Waals surface area contributed by atoms with Gasteiger partial charge in [0.1, 0.15) is 0 Å². The summed E-state index contributed by atoms with van der Waals surface area (Å²) in [5.41, 5.74) is 5.03. The molecule has 0 aliphatic carbocycles. The van der Waals surface area contributed by atoms with Gasteiger partial charge in [0.2, 0.25) is 5.91 Å². The number of carbonyl (C=O) groups is 2. The van der Waals surface area contributed by atoms with Crippen molar-refractivity contribution in [3.63, 3.8) is 0 Å². The number of ether oxygens (including phenoxy) is 2. The van der Waals surface area contributed by atoms with E-state index in [1.807, 2.05) is 81.7 Å². The van der Waals surface area contributed by atoms with Gasteiger partial charge in [-0.1, -0.05) is 37.3 Å². The summed E-state index contributed by atoms with van der Waals surface area (Å²) in [6.07, 6.45) is 0.431. The molecule has 4 rings (SSSR count). The summed E-state index contributed by atoms with van der Waals surface area (Å²) in [6, 6.07) is 21.0. The topological polar surface area (TPSA) is 83.1 Å². The first-order chi connectivity index (χ1) is 18.4. The highest BCUT2D eigenvalue weighted by molar-refractivity contribution is 6.37. The Bertz CT molecular complexity index is 1330. The second-order valence-electron chi connectivity index (χ2n) is 9.20. The molecule has 1 aliphatic heterocycles. The quantitative estimate of drug-likeness (QED) is 0.373. The summed E-state index contributed by atoms with van der Waals surface area (Å²) in [7, 11) is 7.11. The van der Waals surface area contributed by atoms with Gasteiger partial charge in [-0.2, -0.15) is 0 Å². The molecule has 8 heteroatoms. The number of hydrogen-bond donors (Lipinski definition) is 2. The number of rotatable bonds is 10. The van der Waals surface area contributed by atoms with Gasteiger partial charge in [0.25, 0.3) is 5.91 Å². The van der Waals surface area contributed by atoms with Gasteiger partial charge in [0.15, 0.2) is 11.5 Å². The number of benzene rings is 3. The normalized spacial score (nSPS) is 13.6. The summed E-state index contributed by atoms with van der Waals surface area (Å²) in [5.74, 6) is 0.929. The molecule has 0 radical (unpaired) electrons. The van der Waals surface area contributed by atoms with Crippen molar-refractivity contribution >= 4 is 40.1 Å². The minimum Gasteiger partial charge on any atom is -0.493 e. The highest BCUT2D eigenvalue weighted by Gasteiger charge is 2.30. The van der Waals surface area contributed by atoms with Gasteiger partial charge in [-0.25, -0.2) is 0 Å². The lowest BCUT2D eigenvalue weighted by atomic mass is 9.99. The SMILES string of the molecule is CCC(=O)N(CCN(C)C)c1ccc(N/C(=C2\C(=O)Nc3cc(OC)c(OC)cc32)c2ccccc2)cc1. The Morgan fingerprint density at radius 3 is 2.18 bits per heavy atom. The number of carbonyl (C=O) groups excluding carboxylic acids is 2. The van der Waals surface area contributed by atoms with Crippen LogP contribution in [0, 0.1) is 0 Å². The predicted molar refractivity (Wildman–Crippen MR) is 153 cm³/mol. The van der Waals surface area contributed by atoms with E-state index >= 15 is 0 Å². The van der Waals surface area contributed by atoms with Crippen molar-refractivity contribution in [2.45, 2.75) is 13.3 Å². The van der Waals surface area contributed by atoms with Crippen molar-refractivity contribution in [1.82, 2.24) is 4.90 Å². The van der Waals surface area contributed by atoms with E-state index in [0.29, 0.717) is 41.4 Å². The van der Waals surface area contributed by atoms with E-state index in [1.165, 1.54) is 0 Å². The second-order valence-corrected chi connectivity index (χ2v) is 9.20. The van der Waals surface area contributed by atoms with Gasteiger partial charge in [-0.15, -0.1) is 0 Å². The molecule has 2 amide bonds. The van der Waals surface area contributed by atoms with Gasteiger partial charge in [-0.05, 0) is 50.0 Å². The second kappa shape index (κ2) is 11.8. The number of likely N-dealkylation sites (N-methyl/N-ethyl adjacent to an activating group) is 1. The van der Waals surface area contributed by atoms with Gasteiger partial charge < -0.3 is 29.9 Å². The molecule has 2 N–H and O–H groups in total. The maximum Gasteiger partial charge on any atom is 0.258 e. The first-order valence-corrected chi connectivity index (χ1v) is 12.6. The Labute approximate surface area is 223 Å². The van der Waals surface area contributed by atoms with Crippen LogP contribution in [0.5, 0.6) is 11.5 Å². The molecule has 38 heavy (non-hydrogen) atoms. The standard InChI is InChI=1S/C30H34N4O4/c1-6-27(35)34(17-16-33(2)3)22-14-12-21(13-15-22)31-29(20-10-8-7-9-11-20)28-23-18-25(37-4)26(38-5)19-24(23)32-30(28)36/h7-15,18-19,31H,6,16-17H2,1-5H3,(H,32,36)/b29-28-. The molecule has 0 saturated heterocycles. The third-order valence-corrected chi connectivity index (χ3v) is 6.40. The Morgan fingerprint density at radius 2 is 1.58 bits per heavy atom. The van der Waals surface area contributed by atoms with Crippen LogP contribution < -0.4 is 25.0 Å². The maximum absolute atomic E-state index is 13.3. The molecule has 0 fully saturated rings. The van der Waals surface area contributed by atoms with Crippen LogP contribution in [0.25, 0.3) is 11.3 Å². The van der Waals surface area contributed by atoms with E-state index in [4.69, 9.17) is 9.47 Å². The zero-order valence-corrected chi connectivity index (χ0v) is 22.5. The largest absolute Gasteiger partial charge is 0.493 e. The average molecular weight is 515 g/mol. The third-order valence-electron chi connectivity index (χ3n) is 6.40. The molecule has 0 unspecified atom stereocenters. The van der Waals surface area contributed by atoms with Crippen LogP contribution in [-0.4, -0.2) is 58.1 Å². The number of amides is 2. The fourth-order valence-electron chi connectivity index (χ4n) is 4.39. The fraction of sp³-hybridized carbons (Fsp3) is 0.267. The smallest absolute Gasteiger partial charge is 0.258 e. The van der Waals surface area contributed by atoms with E-state index in [0.717, 1.165) is 29.0 Å². The molecule has 1 aliphatic rings. The Morgan fingerprint density at radius 1 is 0.921 bits per heavy atom. The van der Waals surface area contributed by atoms with Crippen LogP contribution >= 0.6 is 0 Å². The lowest BCUT2D eigenvalue weighted by molar-refractivity contribution is -0.118. The Kier molecular flexibility index (Phi) is 8.33. The van der Waals surface area contributed by atoms with Crippen LogP contribution in [0.2, 0.25) is 0 Å². The molecule has 198 valence electrons. The minimum absolute atomic E-state index is 0.0725. The number of hydrogen-bond acceptors (Lipinski definition) is 6. The highest BCUT2D eigenvalue weighted by Crippen LogP contribution is 2.43. The monoisotopic (exact) mass is 514 g/mol. The van der Waals surface area contributed by atoms with Crippen LogP contribution in [0.3, 0.4) is 0 Å². The molecule has 3 aromatic rings. The maximum atomic E-state index is 13.3. The van der Waals surface area contributed by atoms with Crippen LogP contribution in [0.4, 0.5) is 17.1 Å². The Hall–Kier alpha value is -4.30. The van der Waals surface area contributed by atoms with Gasteiger partial charge in [0.05, 0.1) is 31.2 Å². The number of fused-ring (bicyclic) bond motifs is 1. The molecular formula is C30H34N4O4. The van der Waals surface area contributed by atoms with Gasteiger partial charge >= 0.3 is 0 Å². The third kappa shape index (κ3) is 5.65. The molecule has 3 aromatic carbocycles.